The van der Waals surface area contributed by atoms with Crippen LogP contribution in [0, 0.1) is 11.3 Å². The number of amides is 1. The fourth-order valence-electron chi connectivity index (χ4n) is 4.47. The monoisotopic (exact) mass is 547 g/mol. The molecule has 194 valence electrons. The second-order valence-corrected chi connectivity index (χ2v) is 10.5. The van der Waals surface area contributed by atoms with Crippen LogP contribution in [-0.4, -0.2) is 52.7 Å². The highest BCUT2D eigenvalue weighted by Gasteiger charge is 2.40. The minimum Gasteiger partial charge on any atom is -0.333 e. The molecule has 4 rings (SSSR count). The van der Waals surface area contributed by atoms with E-state index >= 15 is 0 Å². The number of carbonyl (C=O) groups excluding carboxylic acids is 1. The highest BCUT2D eigenvalue weighted by atomic mass is 35.5. The molecule has 1 amide bonds. The molecule has 1 atom stereocenters. The van der Waals surface area contributed by atoms with Crippen molar-refractivity contribution in [2.75, 3.05) is 27.2 Å². The molecule has 2 aromatic heterocycles. The number of fused-ring (bicyclic) bond motifs is 1. The zero-order valence-electron chi connectivity index (χ0n) is 20.5. The van der Waals surface area contributed by atoms with E-state index in [1.807, 2.05) is 19.0 Å². The van der Waals surface area contributed by atoms with E-state index in [0.717, 1.165) is 10.4 Å². The number of rotatable bonds is 6. The lowest BCUT2D eigenvalue weighted by atomic mass is 9.83. The molecule has 0 saturated heterocycles. The number of hydrogen-bond donors (Lipinski definition) is 0. The van der Waals surface area contributed by atoms with Crippen LogP contribution in [-0.2, 0) is 24.1 Å². The number of halogens is 4. The van der Waals surface area contributed by atoms with E-state index in [9.17, 15) is 23.2 Å². The van der Waals surface area contributed by atoms with Crippen LogP contribution < -0.4 is 0 Å². The van der Waals surface area contributed by atoms with E-state index in [1.54, 1.807) is 42.2 Å². The molecular weight excluding hydrogens is 523 g/mol. The Bertz CT molecular complexity index is 1390. The van der Waals surface area contributed by atoms with Gasteiger partial charge in [-0.15, -0.1) is 11.3 Å². The summed E-state index contributed by atoms with van der Waals surface area (Å²) in [4.78, 5) is 17.9. The number of benzene rings is 1. The molecule has 3 aromatic rings. The average molecular weight is 548 g/mol. The molecule has 1 aliphatic heterocycles. The van der Waals surface area contributed by atoms with Gasteiger partial charge in [0.2, 0.25) is 5.91 Å². The van der Waals surface area contributed by atoms with Gasteiger partial charge in [0.1, 0.15) is 10.9 Å². The van der Waals surface area contributed by atoms with Crippen molar-refractivity contribution in [2.24, 2.45) is 0 Å². The number of aryl methyl sites for hydroxylation is 1. The van der Waals surface area contributed by atoms with Gasteiger partial charge in [0.15, 0.2) is 5.69 Å². The third kappa shape index (κ3) is 5.59. The Labute approximate surface area is 222 Å². The SMILES string of the molecule is CCn1cc(-c2c(Cl)cccc2C2CN(C(=O)/C=C/CN(C)C)Cc3sc(C#N)cc32)c(C(F)(F)F)n1. The minimum absolute atomic E-state index is 0.110. The number of thiophene rings is 1. The summed E-state index contributed by atoms with van der Waals surface area (Å²) in [6, 6.07) is 8.89. The number of nitrogens with zero attached hydrogens (tertiary/aromatic N) is 5. The summed E-state index contributed by atoms with van der Waals surface area (Å²) >= 11 is 7.85. The molecule has 0 saturated carbocycles. The predicted molar refractivity (Wildman–Crippen MR) is 137 cm³/mol. The van der Waals surface area contributed by atoms with Crippen molar-refractivity contribution in [1.82, 2.24) is 19.6 Å². The molecule has 1 aromatic carbocycles. The van der Waals surface area contributed by atoms with Gasteiger partial charge in [-0.05, 0) is 44.3 Å². The largest absolute Gasteiger partial charge is 0.435 e. The first-order valence-corrected chi connectivity index (χ1v) is 12.8. The third-order valence-corrected chi connectivity index (χ3v) is 7.51. The van der Waals surface area contributed by atoms with E-state index in [-0.39, 0.29) is 35.1 Å². The Kier molecular flexibility index (Phi) is 7.78. The van der Waals surface area contributed by atoms with Gasteiger partial charge in [0.05, 0.1) is 6.54 Å². The standard InChI is InChI=1S/C26H25ClF3N5OS/c1-4-35-14-20(25(32-35)26(28,29)30)24-17(7-5-8-21(24)27)19-13-34(23(36)9-6-10-33(2)3)15-22-18(19)11-16(12-31)37-22/h5-9,11,14,19H,4,10,13,15H2,1-3H3/b9-6+. The molecule has 0 aliphatic carbocycles. The topological polar surface area (TPSA) is 65.2 Å². The molecule has 0 spiro atoms. The summed E-state index contributed by atoms with van der Waals surface area (Å²) in [5.74, 6) is -0.684. The van der Waals surface area contributed by atoms with Crippen LogP contribution in [0.15, 0.2) is 42.6 Å². The van der Waals surface area contributed by atoms with Gasteiger partial charge in [0.25, 0.3) is 0 Å². The summed E-state index contributed by atoms with van der Waals surface area (Å²) in [5, 5.41) is 13.5. The molecule has 1 aliphatic rings. The third-order valence-electron chi connectivity index (χ3n) is 6.15. The lowest BCUT2D eigenvalue weighted by Gasteiger charge is -2.33. The van der Waals surface area contributed by atoms with Gasteiger partial charge < -0.3 is 9.80 Å². The van der Waals surface area contributed by atoms with Crippen molar-refractivity contribution in [1.29, 1.82) is 5.26 Å². The first-order valence-electron chi connectivity index (χ1n) is 11.6. The molecule has 0 bridgehead atoms. The molecule has 0 radical (unpaired) electrons. The Morgan fingerprint density at radius 2 is 2.11 bits per heavy atom. The van der Waals surface area contributed by atoms with Crippen molar-refractivity contribution in [3.8, 4) is 17.2 Å². The van der Waals surface area contributed by atoms with E-state index in [0.29, 0.717) is 23.5 Å². The highest BCUT2D eigenvalue weighted by Crippen LogP contribution is 2.46. The second kappa shape index (κ2) is 10.7. The summed E-state index contributed by atoms with van der Waals surface area (Å²) < 4.78 is 43.2. The normalized spacial score (nSPS) is 15.9. The van der Waals surface area contributed by atoms with E-state index in [1.165, 1.54) is 28.3 Å². The predicted octanol–water partition coefficient (Wildman–Crippen LogP) is 5.77. The van der Waals surface area contributed by atoms with Gasteiger partial charge in [-0.2, -0.15) is 23.5 Å². The second-order valence-electron chi connectivity index (χ2n) is 8.99. The molecule has 0 N–H and O–H groups in total. The van der Waals surface area contributed by atoms with Gasteiger partial charge in [0, 0.05) is 58.9 Å². The number of nitriles is 1. The van der Waals surface area contributed by atoms with Crippen LogP contribution in [0.3, 0.4) is 0 Å². The molecular formula is C26H25ClF3N5OS. The molecule has 1 unspecified atom stereocenters. The molecule has 3 heterocycles. The lowest BCUT2D eigenvalue weighted by molar-refractivity contribution is -0.141. The van der Waals surface area contributed by atoms with Gasteiger partial charge in [-0.1, -0.05) is 29.8 Å². The fraction of sp³-hybridized carbons (Fsp3) is 0.346. The Morgan fingerprint density at radius 3 is 2.76 bits per heavy atom. The summed E-state index contributed by atoms with van der Waals surface area (Å²) in [6.07, 6.45) is -0.0493. The van der Waals surface area contributed by atoms with Crippen LogP contribution in [0.2, 0.25) is 5.02 Å². The van der Waals surface area contributed by atoms with Crippen LogP contribution in [0.5, 0.6) is 0 Å². The van der Waals surface area contributed by atoms with Crippen LogP contribution in [0.25, 0.3) is 11.1 Å². The average Bonchev–Trinajstić information content (AvgIpc) is 3.47. The first kappa shape index (κ1) is 26.9. The zero-order valence-corrected chi connectivity index (χ0v) is 22.1. The fourth-order valence-corrected chi connectivity index (χ4v) is 5.79. The van der Waals surface area contributed by atoms with Crippen LogP contribution in [0.4, 0.5) is 13.2 Å². The molecule has 0 fully saturated rings. The Balaban J connectivity index is 1.86. The quantitative estimate of drug-likeness (QED) is 0.368. The summed E-state index contributed by atoms with van der Waals surface area (Å²) in [5.41, 5.74) is 0.480. The lowest BCUT2D eigenvalue weighted by Crippen LogP contribution is -2.37. The minimum atomic E-state index is -4.68. The maximum absolute atomic E-state index is 14.0. The van der Waals surface area contributed by atoms with Crippen molar-refractivity contribution in [2.45, 2.75) is 32.1 Å². The van der Waals surface area contributed by atoms with E-state index in [2.05, 4.69) is 11.2 Å². The molecule has 11 heteroatoms. The number of hydrogen-bond acceptors (Lipinski definition) is 5. The zero-order chi connectivity index (χ0) is 26.9. The Morgan fingerprint density at radius 1 is 1.35 bits per heavy atom. The molecule has 37 heavy (non-hydrogen) atoms. The van der Waals surface area contributed by atoms with Gasteiger partial charge in [-0.25, -0.2) is 0 Å². The highest BCUT2D eigenvalue weighted by molar-refractivity contribution is 7.12. The summed E-state index contributed by atoms with van der Waals surface area (Å²) in [7, 11) is 3.79. The maximum Gasteiger partial charge on any atom is 0.435 e. The van der Waals surface area contributed by atoms with Gasteiger partial charge >= 0.3 is 6.18 Å². The van der Waals surface area contributed by atoms with Crippen molar-refractivity contribution in [3.63, 3.8) is 0 Å². The van der Waals surface area contributed by atoms with Crippen molar-refractivity contribution >= 4 is 28.8 Å². The smallest absolute Gasteiger partial charge is 0.333 e. The van der Waals surface area contributed by atoms with E-state index < -0.39 is 17.8 Å². The van der Waals surface area contributed by atoms with Crippen LogP contribution in [0.1, 0.15) is 39.4 Å². The number of alkyl halides is 3. The van der Waals surface area contributed by atoms with Crippen LogP contribution >= 0.6 is 22.9 Å². The number of carbonyl (C=O) groups is 1. The maximum atomic E-state index is 14.0. The number of likely N-dealkylation sites (N-methyl/N-ethyl adjacent to an activating group) is 1. The first-order chi connectivity index (χ1) is 17.5. The van der Waals surface area contributed by atoms with Crippen molar-refractivity contribution < 1.29 is 18.0 Å². The summed E-state index contributed by atoms with van der Waals surface area (Å²) in [6.45, 7) is 3.11. The molecule has 6 nitrogen and oxygen atoms in total. The Hall–Kier alpha value is -3.13. The van der Waals surface area contributed by atoms with Gasteiger partial charge in [-0.3, -0.25) is 9.48 Å². The van der Waals surface area contributed by atoms with Crippen molar-refractivity contribution in [3.05, 3.63) is 74.2 Å². The number of aromatic nitrogens is 2. The van der Waals surface area contributed by atoms with E-state index in [4.69, 9.17) is 11.6 Å².